The Labute approximate surface area is 122 Å². The smallest absolute Gasteiger partial charge is 0.317 e. The van der Waals surface area contributed by atoms with Crippen LogP contribution in [0.1, 0.15) is 59.8 Å². The van der Waals surface area contributed by atoms with Crippen LogP contribution in [0.4, 0.5) is 4.79 Å². The minimum absolute atomic E-state index is 0.0141. The summed E-state index contributed by atoms with van der Waals surface area (Å²) in [6, 6.07) is 0.0684. The van der Waals surface area contributed by atoms with Crippen LogP contribution in [0.5, 0.6) is 0 Å². The molecule has 118 valence electrons. The first kappa shape index (κ1) is 18.7. The number of aliphatic carboxylic acids is 1. The summed E-state index contributed by atoms with van der Waals surface area (Å²) >= 11 is 0. The Balaban J connectivity index is 3.96. The number of nitrogens with zero attached hydrogens (tertiary/aromatic N) is 1. The molecule has 5 nitrogen and oxygen atoms in total. The number of rotatable bonds is 10. The van der Waals surface area contributed by atoms with Gasteiger partial charge in [-0.1, -0.05) is 26.7 Å². The lowest BCUT2D eigenvalue weighted by atomic mass is 10.0. The first-order valence-corrected chi connectivity index (χ1v) is 7.70. The van der Waals surface area contributed by atoms with Crippen LogP contribution in [0.15, 0.2) is 0 Å². The Morgan fingerprint density at radius 2 is 1.80 bits per heavy atom. The molecule has 0 aromatic carbocycles. The second kappa shape index (κ2) is 10.5. The summed E-state index contributed by atoms with van der Waals surface area (Å²) < 4.78 is 0. The summed E-state index contributed by atoms with van der Waals surface area (Å²) in [5.74, 6) is -1.06. The topological polar surface area (TPSA) is 69.6 Å². The highest BCUT2D eigenvalue weighted by molar-refractivity contribution is 5.74. The fourth-order valence-corrected chi connectivity index (χ4v) is 1.98. The van der Waals surface area contributed by atoms with Gasteiger partial charge in [-0.15, -0.1) is 0 Å². The third kappa shape index (κ3) is 8.02. The quantitative estimate of drug-likeness (QED) is 0.648. The average Bonchev–Trinajstić information content (AvgIpc) is 2.39. The van der Waals surface area contributed by atoms with Crippen molar-refractivity contribution in [1.29, 1.82) is 0 Å². The lowest BCUT2D eigenvalue weighted by Gasteiger charge is -2.24. The molecule has 0 aromatic heterocycles. The minimum atomic E-state index is -0.751. The molecule has 0 saturated carbocycles. The SMILES string of the molecule is CCCCN(CC)C(=O)NC(C)CCCC(C)C(=O)O. The van der Waals surface area contributed by atoms with E-state index < -0.39 is 5.97 Å². The van der Waals surface area contributed by atoms with Gasteiger partial charge in [-0.2, -0.15) is 0 Å². The maximum Gasteiger partial charge on any atom is 0.317 e. The molecule has 5 heteroatoms. The molecule has 0 aliphatic heterocycles. The van der Waals surface area contributed by atoms with E-state index in [-0.39, 0.29) is 18.0 Å². The second-order valence-corrected chi connectivity index (χ2v) is 5.45. The molecule has 2 N–H and O–H groups in total. The number of unbranched alkanes of at least 4 members (excludes halogenated alkanes) is 1. The average molecular weight is 286 g/mol. The number of hydrogen-bond acceptors (Lipinski definition) is 2. The van der Waals surface area contributed by atoms with Crippen LogP contribution < -0.4 is 5.32 Å². The van der Waals surface area contributed by atoms with Crippen molar-refractivity contribution in [3.8, 4) is 0 Å². The summed E-state index contributed by atoms with van der Waals surface area (Å²) in [5.41, 5.74) is 0. The Hall–Kier alpha value is -1.26. The predicted molar refractivity (Wildman–Crippen MR) is 80.8 cm³/mol. The van der Waals surface area contributed by atoms with Gasteiger partial charge in [-0.3, -0.25) is 4.79 Å². The van der Waals surface area contributed by atoms with Crippen molar-refractivity contribution >= 4 is 12.0 Å². The predicted octanol–water partition coefficient (Wildman–Crippen LogP) is 3.10. The molecule has 0 radical (unpaired) electrons. The van der Waals surface area contributed by atoms with Crippen molar-refractivity contribution in [2.75, 3.05) is 13.1 Å². The van der Waals surface area contributed by atoms with Gasteiger partial charge in [0.15, 0.2) is 0 Å². The number of carbonyl (C=O) groups excluding carboxylic acids is 1. The summed E-state index contributed by atoms with van der Waals surface area (Å²) in [6.45, 7) is 9.29. The molecule has 0 aromatic rings. The molecule has 0 aliphatic rings. The fraction of sp³-hybridized carbons (Fsp3) is 0.867. The summed E-state index contributed by atoms with van der Waals surface area (Å²) in [5, 5.41) is 11.8. The molecule has 0 fully saturated rings. The molecule has 2 atom stereocenters. The molecule has 2 amide bonds. The van der Waals surface area contributed by atoms with Crippen LogP contribution >= 0.6 is 0 Å². The number of carbonyl (C=O) groups is 2. The number of nitrogens with one attached hydrogen (secondary N) is 1. The second-order valence-electron chi connectivity index (χ2n) is 5.45. The maximum atomic E-state index is 12.0. The lowest BCUT2D eigenvalue weighted by molar-refractivity contribution is -0.141. The van der Waals surface area contributed by atoms with Crippen molar-refractivity contribution < 1.29 is 14.7 Å². The van der Waals surface area contributed by atoms with Gasteiger partial charge in [0.25, 0.3) is 0 Å². The number of carboxylic acids is 1. The van der Waals surface area contributed by atoms with E-state index in [1.807, 2.05) is 18.7 Å². The molecule has 2 unspecified atom stereocenters. The zero-order valence-corrected chi connectivity index (χ0v) is 13.3. The Morgan fingerprint density at radius 3 is 2.30 bits per heavy atom. The van der Waals surface area contributed by atoms with Gasteiger partial charge in [0, 0.05) is 19.1 Å². The highest BCUT2D eigenvalue weighted by Gasteiger charge is 2.15. The molecule has 0 spiro atoms. The van der Waals surface area contributed by atoms with E-state index in [1.165, 1.54) is 0 Å². The molecule has 0 aliphatic carbocycles. The van der Waals surface area contributed by atoms with Crippen molar-refractivity contribution in [3.63, 3.8) is 0 Å². The Kier molecular flexibility index (Phi) is 9.86. The van der Waals surface area contributed by atoms with Crippen LogP contribution in [-0.2, 0) is 4.79 Å². The highest BCUT2D eigenvalue weighted by Crippen LogP contribution is 2.10. The Morgan fingerprint density at radius 1 is 1.15 bits per heavy atom. The van der Waals surface area contributed by atoms with Crippen molar-refractivity contribution in [1.82, 2.24) is 10.2 Å². The normalized spacial score (nSPS) is 13.6. The first-order chi connectivity index (χ1) is 9.42. The molecular weight excluding hydrogens is 256 g/mol. The number of carboxylic acid groups (broad SMARTS) is 1. The molecular formula is C15H30N2O3. The first-order valence-electron chi connectivity index (χ1n) is 7.70. The largest absolute Gasteiger partial charge is 0.481 e. The van der Waals surface area contributed by atoms with E-state index in [4.69, 9.17) is 5.11 Å². The van der Waals surface area contributed by atoms with Crippen LogP contribution in [0.2, 0.25) is 0 Å². The lowest BCUT2D eigenvalue weighted by Crippen LogP contribution is -2.44. The third-order valence-electron chi connectivity index (χ3n) is 3.52. The number of hydrogen-bond donors (Lipinski definition) is 2. The van der Waals surface area contributed by atoms with Crippen molar-refractivity contribution in [2.45, 2.75) is 65.8 Å². The monoisotopic (exact) mass is 286 g/mol. The molecule has 0 rings (SSSR count). The fourth-order valence-electron chi connectivity index (χ4n) is 1.98. The maximum absolute atomic E-state index is 12.0. The van der Waals surface area contributed by atoms with E-state index in [0.29, 0.717) is 13.0 Å². The van der Waals surface area contributed by atoms with E-state index in [1.54, 1.807) is 6.92 Å². The minimum Gasteiger partial charge on any atom is -0.481 e. The van der Waals surface area contributed by atoms with Gasteiger partial charge < -0.3 is 15.3 Å². The van der Waals surface area contributed by atoms with Crippen LogP contribution in [0.25, 0.3) is 0 Å². The van der Waals surface area contributed by atoms with E-state index in [2.05, 4.69) is 12.2 Å². The highest BCUT2D eigenvalue weighted by atomic mass is 16.4. The standard InChI is InChI=1S/C15H30N2O3/c1-5-7-11-17(6-2)15(20)16-13(4)10-8-9-12(3)14(18)19/h12-13H,5-11H2,1-4H3,(H,16,20)(H,18,19). The number of urea groups is 1. The zero-order chi connectivity index (χ0) is 15.5. The van der Waals surface area contributed by atoms with Crippen LogP contribution in [-0.4, -0.2) is 41.1 Å². The van der Waals surface area contributed by atoms with E-state index in [0.717, 1.165) is 32.2 Å². The van der Waals surface area contributed by atoms with Gasteiger partial charge in [0.1, 0.15) is 0 Å². The van der Waals surface area contributed by atoms with Gasteiger partial charge in [-0.25, -0.2) is 4.79 Å². The Bertz CT molecular complexity index is 295. The van der Waals surface area contributed by atoms with Crippen LogP contribution in [0, 0.1) is 5.92 Å². The molecule has 0 bridgehead atoms. The summed E-state index contributed by atoms with van der Waals surface area (Å²) in [7, 11) is 0. The van der Waals surface area contributed by atoms with Gasteiger partial charge in [0.05, 0.1) is 5.92 Å². The zero-order valence-electron chi connectivity index (χ0n) is 13.3. The molecule has 20 heavy (non-hydrogen) atoms. The van der Waals surface area contributed by atoms with Gasteiger partial charge in [-0.05, 0) is 33.1 Å². The van der Waals surface area contributed by atoms with E-state index >= 15 is 0 Å². The molecule has 0 heterocycles. The molecule has 0 saturated heterocycles. The van der Waals surface area contributed by atoms with Gasteiger partial charge >= 0.3 is 12.0 Å². The van der Waals surface area contributed by atoms with Gasteiger partial charge in [0.2, 0.25) is 0 Å². The van der Waals surface area contributed by atoms with Crippen LogP contribution in [0.3, 0.4) is 0 Å². The van der Waals surface area contributed by atoms with Crippen molar-refractivity contribution in [3.05, 3.63) is 0 Å². The third-order valence-corrected chi connectivity index (χ3v) is 3.52. The van der Waals surface area contributed by atoms with E-state index in [9.17, 15) is 9.59 Å². The van der Waals surface area contributed by atoms with Crippen molar-refractivity contribution in [2.24, 2.45) is 5.92 Å². The number of amides is 2. The summed E-state index contributed by atoms with van der Waals surface area (Å²) in [4.78, 5) is 24.5. The summed E-state index contributed by atoms with van der Waals surface area (Å²) in [6.07, 6.45) is 4.38.